The van der Waals surface area contributed by atoms with Crippen LogP contribution in [0.1, 0.15) is 70.1 Å². The number of aliphatic hydroxyl groups is 1. The number of imide groups is 1. The number of hydrogen-bond donors (Lipinski definition) is 3. The predicted molar refractivity (Wildman–Crippen MR) is 253 cm³/mol. The van der Waals surface area contributed by atoms with E-state index in [4.69, 9.17) is 15.2 Å². The number of ether oxygens (including phenoxy) is 2. The van der Waals surface area contributed by atoms with E-state index in [2.05, 4.69) is 34.2 Å². The zero-order valence-electron chi connectivity index (χ0n) is 37.2. The second-order valence-electron chi connectivity index (χ2n) is 17.2. The fourth-order valence-electron chi connectivity index (χ4n) is 10.3. The van der Waals surface area contributed by atoms with Crippen LogP contribution in [0.5, 0.6) is 5.75 Å². The first-order chi connectivity index (χ1) is 32.6. The fourth-order valence-corrected chi connectivity index (χ4v) is 10.3. The second-order valence-corrected chi connectivity index (χ2v) is 17.2. The van der Waals surface area contributed by atoms with Gasteiger partial charge in [0.15, 0.2) is 0 Å². The number of rotatable bonds is 12. The van der Waals surface area contributed by atoms with Crippen LogP contribution in [0.25, 0.3) is 0 Å². The molecule has 12 heteroatoms. The molecule has 6 aromatic carbocycles. The molecule has 3 aliphatic rings. The topological polar surface area (TPSA) is 155 Å². The molecule has 0 saturated carbocycles. The summed E-state index contributed by atoms with van der Waals surface area (Å²) in [6, 6.07) is 46.0. The molecule has 2 fully saturated rings. The Hall–Kier alpha value is -7.56. The SMILES string of the molecule is CC(NC(=O)N1C(=O)C2(c3cc(C#CCN(C)Cc4ccccc4)ccc31)C(C(N)=O)C1C(=O)OC(c3ccccc3)C(c3ccccc3)N1C2c1cccc(OCCO)c1)c1ccccc1. The molecular weight excluding hydrogens is 843 g/mol. The molecule has 3 heterocycles. The fraction of sp³-hybridized carbons (Fsp3) is 0.236. The molecule has 0 bridgehead atoms. The number of carbonyl (C=O) groups is 4. The summed E-state index contributed by atoms with van der Waals surface area (Å²) < 4.78 is 12.4. The number of hydrogen-bond acceptors (Lipinski definition) is 9. The van der Waals surface area contributed by atoms with Gasteiger partial charge in [-0.05, 0) is 77.7 Å². The number of benzene rings is 6. The van der Waals surface area contributed by atoms with Gasteiger partial charge in [0.05, 0.1) is 42.9 Å². The summed E-state index contributed by atoms with van der Waals surface area (Å²) in [5.74, 6) is 2.97. The highest BCUT2D eigenvalue weighted by Crippen LogP contribution is 2.66. The Kier molecular flexibility index (Phi) is 12.7. The number of primary amides is 1. The number of morpholine rings is 1. The molecule has 0 aromatic heterocycles. The minimum atomic E-state index is -2.02. The van der Waals surface area contributed by atoms with Crippen LogP contribution in [-0.4, -0.2) is 71.6 Å². The number of nitrogens with two attached hydrogens (primary N) is 1. The van der Waals surface area contributed by atoms with Crippen molar-refractivity contribution in [1.82, 2.24) is 15.1 Å². The van der Waals surface area contributed by atoms with E-state index in [0.717, 1.165) is 21.6 Å². The van der Waals surface area contributed by atoms with Crippen molar-refractivity contribution in [2.24, 2.45) is 11.7 Å². The van der Waals surface area contributed by atoms with Crippen molar-refractivity contribution < 1.29 is 33.8 Å². The smallest absolute Gasteiger partial charge is 0.329 e. The highest BCUT2D eigenvalue weighted by atomic mass is 16.6. The lowest BCUT2D eigenvalue weighted by Gasteiger charge is -2.46. The van der Waals surface area contributed by atoms with Gasteiger partial charge in [0.1, 0.15) is 29.9 Å². The van der Waals surface area contributed by atoms with Crippen molar-refractivity contribution in [3.63, 3.8) is 0 Å². The maximum absolute atomic E-state index is 16.3. The largest absolute Gasteiger partial charge is 0.491 e. The summed E-state index contributed by atoms with van der Waals surface area (Å²) in [6.45, 7) is 2.65. The van der Waals surface area contributed by atoms with Gasteiger partial charge in [-0.2, -0.15) is 0 Å². The highest BCUT2D eigenvalue weighted by molar-refractivity contribution is 6.24. The first-order valence-corrected chi connectivity index (χ1v) is 22.4. The van der Waals surface area contributed by atoms with E-state index in [1.54, 1.807) is 36.4 Å². The number of urea groups is 1. The van der Waals surface area contributed by atoms with Gasteiger partial charge in [0.25, 0.3) is 0 Å². The average molecular weight is 894 g/mol. The third-order valence-corrected chi connectivity index (χ3v) is 13.0. The lowest BCUT2D eigenvalue weighted by molar-refractivity contribution is -0.178. The van der Waals surface area contributed by atoms with Crippen molar-refractivity contribution in [3.8, 4) is 17.6 Å². The Balaban J connectivity index is 1.27. The number of cyclic esters (lactones) is 1. The van der Waals surface area contributed by atoms with E-state index < -0.39 is 65.4 Å². The monoisotopic (exact) mass is 893 g/mol. The van der Waals surface area contributed by atoms with Crippen LogP contribution in [0.2, 0.25) is 0 Å². The summed E-state index contributed by atoms with van der Waals surface area (Å²) in [5.41, 5.74) is 9.51. The molecule has 0 radical (unpaired) electrons. The number of esters is 1. The van der Waals surface area contributed by atoms with Crippen LogP contribution in [-0.2, 0) is 31.1 Å². The molecule has 3 aliphatic heterocycles. The molecule has 0 aliphatic carbocycles. The van der Waals surface area contributed by atoms with E-state index in [1.165, 1.54) is 0 Å². The van der Waals surface area contributed by atoms with E-state index in [-0.39, 0.29) is 18.9 Å². The lowest BCUT2D eigenvalue weighted by atomic mass is 9.65. The molecule has 7 unspecified atom stereocenters. The summed E-state index contributed by atoms with van der Waals surface area (Å²) >= 11 is 0. The Morgan fingerprint density at radius 3 is 2.13 bits per heavy atom. The van der Waals surface area contributed by atoms with Crippen molar-refractivity contribution >= 4 is 29.5 Å². The number of nitrogens with zero attached hydrogens (tertiary/aromatic N) is 3. The number of fused-ring (bicyclic) bond motifs is 3. The Bertz CT molecular complexity index is 2840. The zero-order valence-corrected chi connectivity index (χ0v) is 37.2. The van der Waals surface area contributed by atoms with E-state index >= 15 is 9.59 Å². The van der Waals surface area contributed by atoms with Crippen LogP contribution in [0.15, 0.2) is 164 Å². The van der Waals surface area contributed by atoms with E-state index in [1.807, 2.05) is 134 Å². The van der Waals surface area contributed by atoms with E-state index in [0.29, 0.717) is 41.1 Å². The number of aliphatic hydroxyl groups excluding tert-OH is 1. The molecular formula is C55H51N5O7. The van der Waals surface area contributed by atoms with Crippen molar-refractivity contribution in [1.29, 1.82) is 0 Å². The Labute approximate surface area is 389 Å². The third kappa shape index (κ3) is 8.34. The van der Waals surface area contributed by atoms with Gasteiger partial charge in [-0.15, -0.1) is 0 Å². The molecule has 67 heavy (non-hydrogen) atoms. The second kappa shape index (κ2) is 19.1. The Morgan fingerprint density at radius 1 is 0.821 bits per heavy atom. The Morgan fingerprint density at radius 2 is 1.46 bits per heavy atom. The van der Waals surface area contributed by atoms with E-state index in [9.17, 15) is 14.7 Å². The maximum Gasteiger partial charge on any atom is 0.329 e. The molecule has 12 nitrogen and oxygen atoms in total. The van der Waals surface area contributed by atoms with Gasteiger partial charge in [-0.1, -0.05) is 145 Å². The summed E-state index contributed by atoms with van der Waals surface area (Å²) in [5, 5.41) is 12.8. The van der Waals surface area contributed by atoms with Crippen LogP contribution >= 0.6 is 0 Å². The van der Waals surface area contributed by atoms with Gasteiger partial charge in [0.2, 0.25) is 11.8 Å². The summed E-state index contributed by atoms with van der Waals surface area (Å²) in [4.78, 5) is 66.0. The summed E-state index contributed by atoms with van der Waals surface area (Å²) in [7, 11) is 1.98. The lowest BCUT2D eigenvalue weighted by Crippen LogP contribution is -2.55. The highest BCUT2D eigenvalue weighted by Gasteiger charge is 2.75. The molecule has 4 amide bonds. The van der Waals surface area contributed by atoms with Crippen molar-refractivity contribution in [3.05, 3.63) is 203 Å². The molecule has 7 atom stereocenters. The normalized spacial score (nSPS) is 22.3. The van der Waals surface area contributed by atoms with Gasteiger partial charge < -0.3 is 25.6 Å². The van der Waals surface area contributed by atoms with Crippen molar-refractivity contribution in [2.75, 3.05) is 31.7 Å². The molecule has 338 valence electrons. The predicted octanol–water partition coefficient (Wildman–Crippen LogP) is 7.16. The van der Waals surface area contributed by atoms with Crippen LogP contribution < -0.4 is 20.7 Å². The molecule has 4 N–H and O–H groups in total. The number of carbonyl (C=O) groups excluding carboxylic acids is 4. The number of amides is 4. The number of anilines is 1. The number of nitrogens with one attached hydrogen (secondary N) is 1. The van der Waals surface area contributed by atoms with Crippen molar-refractivity contribution in [2.45, 2.75) is 49.2 Å². The molecule has 2 saturated heterocycles. The first kappa shape index (κ1) is 44.6. The standard InChI is InChI=1S/C55H51N5O7/c1-36(39-20-9-4-10-21-39)57-54(65)59-45-29-28-37(19-16-30-58(2)35-38-17-7-3-8-18-38)33-44(45)55(53(59)64)46(51(56)62)48-52(63)67-49(41-24-13-6-14-25-41)47(40-22-11-5-12-23-40)60(48)50(55)42-26-15-27-43(34-42)66-32-31-61/h3-15,17-18,20-29,33-34,36,46-50,61H,30-32,35H2,1-2H3,(H2,56,62)(H,57,65). The average Bonchev–Trinajstić information content (AvgIpc) is 3.81. The van der Waals surface area contributed by atoms with Gasteiger partial charge in [-0.25, -0.2) is 9.69 Å². The minimum absolute atomic E-state index is 0.0115. The maximum atomic E-state index is 16.3. The molecule has 6 aromatic rings. The van der Waals surface area contributed by atoms with Crippen LogP contribution in [0.3, 0.4) is 0 Å². The van der Waals surface area contributed by atoms with Gasteiger partial charge >= 0.3 is 12.0 Å². The van der Waals surface area contributed by atoms with Crippen LogP contribution in [0, 0.1) is 17.8 Å². The third-order valence-electron chi connectivity index (χ3n) is 13.0. The molecule has 9 rings (SSSR count). The summed E-state index contributed by atoms with van der Waals surface area (Å²) in [6.07, 6.45) is -0.903. The minimum Gasteiger partial charge on any atom is -0.491 e. The molecule has 1 spiro atoms. The van der Waals surface area contributed by atoms with Gasteiger partial charge in [0, 0.05) is 12.1 Å². The quantitative estimate of drug-likeness (QED) is 0.0858. The van der Waals surface area contributed by atoms with Gasteiger partial charge in [-0.3, -0.25) is 24.2 Å². The zero-order chi connectivity index (χ0) is 46.7. The first-order valence-electron chi connectivity index (χ1n) is 22.4. The van der Waals surface area contributed by atoms with Crippen LogP contribution in [0.4, 0.5) is 10.5 Å².